The van der Waals surface area contributed by atoms with E-state index in [1.165, 1.54) is 28.5 Å². The number of hydrazine groups is 1. The van der Waals surface area contributed by atoms with Crippen LogP contribution in [-0.4, -0.2) is 58.4 Å². The Balaban J connectivity index is 1.33. The third-order valence-electron chi connectivity index (χ3n) is 7.04. The van der Waals surface area contributed by atoms with Crippen LogP contribution in [0.2, 0.25) is 0 Å². The second kappa shape index (κ2) is 9.67. The highest BCUT2D eigenvalue weighted by Crippen LogP contribution is 2.32. The summed E-state index contributed by atoms with van der Waals surface area (Å²) in [6.07, 6.45) is 5.90. The molecule has 0 saturated heterocycles. The molecule has 13 heteroatoms. The van der Waals surface area contributed by atoms with E-state index in [0.29, 0.717) is 49.3 Å². The first-order chi connectivity index (χ1) is 19.2. The van der Waals surface area contributed by atoms with E-state index in [2.05, 4.69) is 20.2 Å². The van der Waals surface area contributed by atoms with Gasteiger partial charge in [0, 0.05) is 48.9 Å². The molecule has 6 rings (SSSR count). The summed E-state index contributed by atoms with van der Waals surface area (Å²) >= 11 is 0. The zero-order valence-corrected chi connectivity index (χ0v) is 21.7. The van der Waals surface area contributed by atoms with E-state index in [1.54, 1.807) is 55.3 Å². The molecule has 1 aliphatic rings. The lowest BCUT2D eigenvalue weighted by atomic mass is 10.1. The van der Waals surface area contributed by atoms with E-state index in [-0.39, 0.29) is 18.4 Å². The van der Waals surface area contributed by atoms with E-state index >= 15 is 0 Å². The van der Waals surface area contributed by atoms with Gasteiger partial charge in [0.05, 0.1) is 40.5 Å². The van der Waals surface area contributed by atoms with Crippen molar-refractivity contribution >= 4 is 39.4 Å². The van der Waals surface area contributed by atoms with Gasteiger partial charge in [0.25, 0.3) is 5.91 Å². The number of halogens is 2. The van der Waals surface area contributed by atoms with Crippen LogP contribution in [0.15, 0.2) is 55.0 Å². The lowest BCUT2D eigenvalue weighted by Gasteiger charge is -2.32. The number of carbonyl (C=O) groups excluding carboxylic acids is 2. The van der Waals surface area contributed by atoms with Gasteiger partial charge in [-0.25, -0.2) is 14.7 Å². The van der Waals surface area contributed by atoms with Crippen molar-refractivity contribution in [2.24, 2.45) is 13.0 Å². The number of carbonyl (C=O) groups is 2. The van der Waals surface area contributed by atoms with Crippen molar-refractivity contribution in [2.45, 2.75) is 25.9 Å². The summed E-state index contributed by atoms with van der Waals surface area (Å²) in [5.74, 6) is -0.307. The number of alkyl halides is 2. The van der Waals surface area contributed by atoms with Crippen molar-refractivity contribution < 1.29 is 18.4 Å². The van der Waals surface area contributed by atoms with Crippen LogP contribution in [-0.2, 0) is 18.4 Å². The molecule has 0 aliphatic heterocycles. The first kappa shape index (κ1) is 25.3. The van der Waals surface area contributed by atoms with Crippen molar-refractivity contribution in [1.82, 2.24) is 39.5 Å². The summed E-state index contributed by atoms with van der Waals surface area (Å²) in [6.45, 7) is -2.73. The Bertz CT molecular complexity index is 1760. The molecule has 0 bridgehead atoms. The monoisotopic (exact) mass is 545 g/mol. The SMILES string of the molecule is CN(C(=O)C1CC1)N(Cc1ccc(-c2ccn(C(F)F)n2)cn1)C(=O)c1ccc2nc(N)c3cnn(C)c3c2c1. The highest BCUT2D eigenvalue weighted by Gasteiger charge is 2.36. The van der Waals surface area contributed by atoms with Gasteiger partial charge in [0.15, 0.2) is 0 Å². The average Bonchev–Trinajstić information content (AvgIpc) is 3.54. The number of nitrogens with zero attached hydrogens (tertiary/aromatic N) is 8. The highest BCUT2D eigenvalue weighted by molar-refractivity contribution is 6.10. The maximum Gasteiger partial charge on any atom is 0.333 e. The Morgan fingerprint density at radius 2 is 1.93 bits per heavy atom. The van der Waals surface area contributed by atoms with E-state index in [4.69, 9.17) is 5.73 Å². The molecule has 0 spiro atoms. The first-order valence-electron chi connectivity index (χ1n) is 12.6. The molecule has 4 heterocycles. The van der Waals surface area contributed by atoms with Gasteiger partial charge in [-0.2, -0.15) is 19.0 Å². The van der Waals surface area contributed by atoms with Gasteiger partial charge in [-0.05, 0) is 49.2 Å². The van der Waals surface area contributed by atoms with Crippen LogP contribution in [0.3, 0.4) is 0 Å². The molecule has 0 unspecified atom stereocenters. The Morgan fingerprint density at radius 3 is 2.60 bits per heavy atom. The summed E-state index contributed by atoms with van der Waals surface area (Å²) in [5.41, 5.74) is 9.22. The number of hydrogen-bond acceptors (Lipinski definition) is 7. The summed E-state index contributed by atoms with van der Waals surface area (Å²) < 4.78 is 28.1. The topological polar surface area (TPSA) is 128 Å². The van der Waals surface area contributed by atoms with Crippen LogP contribution in [0.25, 0.3) is 33.1 Å². The Kier molecular flexibility index (Phi) is 6.12. The van der Waals surface area contributed by atoms with Gasteiger partial charge in [-0.1, -0.05) is 0 Å². The maximum atomic E-state index is 13.9. The Morgan fingerprint density at radius 1 is 1.12 bits per heavy atom. The van der Waals surface area contributed by atoms with Crippen molar-refractivity contribution in [3.63, 3.8) is 0 Å². The number of nitrogen functional groups attached to an aromatic ring is 1. The standard InChI is InChI=1S/C27H25F2N9O2/c1-35-23-19-11-16(6-8-22(19)33-24(30)20(23)13-32-35)26(40)38(36(2)25(39)15-3-4-15)14-18-7-5-17(12-31-18)21-9-10-37(34-21)27(28)29/h5-13,15,27H,3-4,14H2,1-2H3,(H2,30,33). The fourth-order valence-electron chi connectivity index (χ4n) is 4.69. The molecule has 1 fully saturated rings. The van der Waals surface area contributed by atoms with Crippen molar-refractivity contribution in [3.8, 4) is 11.3 Å². The number of aryl methyl sites for hydroxylation is 1. The molecule has 5 aromatic rings. The second-order valence-electron chi connectivity index (χ2n) is 9.76. The minimum atomic E-state index is -2.74. The summed E-state index contributed by atoms with van der Waals surface area (Å²) in [5, 5.41) is 12.2. The molecule has 2 N–H and O–H groups in total. The number of hydrogen-bond donors (Lipinski definition) is 1. The zero-order chi connectivity index (χ0) is 28.1. The summed E-state index contributed by atoms with van der Waals surface area (Å²) in [7, 11) is 3.36. The number of aromatic nitrogens is 6. The molecule has 4 aromatic heterocycles. The molecule has 1 aliphatic carbocycles. The van der Waals surface area contributed by atoms with E-state index in [1.807, 2.05) is 0 Å². The van der Waals surface area contributed by atoms with Crippen LogP contribution in [0, 0.1) is 5.92 Å². The molecule has 0 atom stereocenters. The van der Waals surface area contributed by atoms with Crippen molar-refractivity contribution in [2.75, 3.05) is 12.8 Å². The predicted molar refractivity (Wildman–Crippen MR) is 143 cm³/mol. The minimum Gasteiger partial charge on any atom is -0.383 e. The van der Waals surface area contributed by atoms with Gasteiger partial charge >= 0.3 is 6.55 Å². The molecule has 204 valence electrons. The van der Waals surface area contributed by atoms with Crippen LogP contribution in [0.5, 0.6) is 0 Å². The van der Waals surface area contributed by atoms with E-state index in [9.17, 15) is 18.4 Å². The van der Waals surface area contributed by atoms with Crippen molar-refractivity contribution in [1.29, 1.82) is 0 Å². The fourth-order valence-corrected chi connectivity index (χ4v) is 4.69. The number of benzene rings is 1. The third kappa shape index (κ3) is 4.48. The number of anilines is 1. The quantitative estimate of drug-likeness (QED) is 0.322. The van der Waals surface area contributed by atoms with Gasteiger partial charge < -0.3 is 5.73 Å². The van der Waals surface area contributed by atoms with Crippen LogP contribution >= 0.6 is 0 Å². The Hall–Kier alpha value is -4.94. The summed E-state index contributed by atoms with van der Waals surface area (Å²) in [6, 6.07) is 9.94. The van der Waals surface area contributed by atoms with Crippen molar-refractivity contribution in [3.05, 3.63) is 66.2 Å². The molecule has 1 saturated carbocycles. The van der Waals surface area contributed by atoms with Crippen LogP contribution in [0.4, 0.5) is 14.6 Å². The molecule has 40 heavy (non-hydrogen) atoms. The van der Waals surface area contributed by atoms with Crippen LogP contribution in [0.1, 0.15) is 35.4 Å². The number of pyridine rings is 2. The molecule has 2 amide bonds. The van der Waals surface area contributed by atoms with E-state index < -0.39 is 12.5 Å². The van der Waals surface area contributed by atoms with Gasteiger partial charge in [-0.3, -0.25) is 24.3 Å². The van der Waals surface area contributed by atoms with E-state index in [0.717, 1.165) is 18.4 Å². The molecule has 11 nitrogen and oxygen atoms in total. The summed E-state index contributed by atoms with van der Waals surface area (Å²) in [4.78, 5) is 35.8. The Labute approximate surface area is 226 Å². The number of nitrogens with two attached hydrogens (primary N) is 1. The average molecular weight is 546 g/mol. The molecule has 1 aromatic carbocycles. The predicted octanol–water partition coefficient (Wildman–Crippen LogP) is 3.78. The third-order valence-corrected chi connectivity index (χ3v) is 7.04. The number of fused-ring (bicyclic) bond motifs is 3. The molecular weight excluding hydrogens is 520 g/mol. The van der Waals surface area contributed by atoms with Gasteiger partial charge in [0.2, 0.25) is 5.91 Å². The highest BCUT2D eigenvalue weighted by atomic mass is 19.3. The second-order valence-corrected chi connectivity index (χ2v) is 9.76. The normalized spacial score (nSPS) is 13.3. The first-order valence-corrected chi connectivity index (χ1v) is 12.6. The fraction of sp³-hybridized carbons (Fsp3) is 0.259. The smallest absolute Gasteiger partial charge is 0.333 e. The lowest BCUT2D eigenvalue weighted by Crippen LogP contribution is -2.47. The van der Waals surface area contributed by atoms with Crippen LogP contribution < -0.4 is 5.73 Å². The number of rotatable bonds is 6. The minimum absolute atomic E-state index is 0.0126. The largest absolute Gasteiger partial charge is 0.383 e. The zero-order valence-electron chi connectivity index (χ0n) is 21.7. The lowest BCUT2D eigenvalue weighted by molar-refractivity contribution is -0.144. The van der Waals surface area contributed by atoms with Gasteiger partial charge in [0.1, 0.15) is 5.82 Å². The van der Waals surface area contributed by atoms with Gasteiger partial charge in [-0.15, -0.1) is 0 Å². The number of amides is 2. The maximum absolute atomic E-state index is 13.9. The molecular formula is C27H25F2N9O2. The molecule has 0 radical (unpaired) electrons.